The van der Waals surface area contributed by atoms with E-state index >= 15 is 0 Å². The van der Waals surface area contributed by atoms with Gasteiger partial charge in [0.05, 0.1) is 6.10 Å². The molecule has 0 amide bonds. The number of carboxylic acids is 1. The molecule has 2 unspecified atom stereocenters. The van der Waals surface area contributed by atoms with Gasteiger partial charge in [0.2, 0.25) is 0 Å². The maximum Gasteiger partial charge on any atom is 0.349 e. The molecule has 5 heteroatoms. The fourth-order valence-corrected chi connectivity index (χ4v) is 2.44. The van der Waals surface area contributed by atoms with Crippen LogP contribution < -0.4 is 0 Å². The molecule has 0 bridgehead atoms. The summed E-state index contributed by atoms with van der Waals surface area (Å²) in [5, 5.41) is 25.3. The normalized spacial score (nSPS) is 22.0. The molecule has 1 fully saturated rings. The van der Waals surface area contributed by atoms with E-state index in [1.54, 1.807) is 0 Å². The summed E-state index contributed by atoms with van der Waals surface area (Å²) < 4.78 is 0. The van der Waals surface area contributed by atoms with Gasteiger partial charge in [-0.1, -0.05) is 13.3 Å². The van der Waals surface area contributed by atoms with Crippen molar-refractivity contribution in [3.8, 4) is 0 Å². The van der Waals surface area contributed by atoms with Crippen molar-refractivity contribution in [2.45, 2.75) is 45.1 Å². The summed E-state index contributed by atoms with van der Waals surface area (Å²) >= 11 is 0. The molecule has 2 atom stereocenters. The molecule has 0 spiro atoms. The Morgan fingerprint density at radius 2 is 2.28 bits per heavy atom. The highest BCUT2D eigenvalue weighted by Gasteiger charge is 2.22. The van der Waals surface area contributed by atoms with Gasteiger partial charge in [-0.05, 0) is 31.6 Å². The molecule has 0 radical (unpaired) electrons. The third-order valence-electron chi connectivity index (χ3n) is 3.64. The number of hydrogen-bond donors (Lipinski definition) is 3. The number of aliphatic hydroxyl groups is 1. The average Bonchev–Trinajstić information content (AvgIpc) is 2.73. The van der Waals surface area contributed by atoms with Gasteiger partial charge in [-0.2, -0.15) is 0 Å². The van der Waals surface area contributed by atoms with E-state index in [9.17, 15) is 9.90 Å². The molecule has 0 saturated carbocycles. The highest BCUT2D eigenvalue weighted by Crippen LogP contribution is 2.18. The van der Waals surface area contributed by atoms with Crippen molar-refractivity contribution in [3.63, 3.8) is 0 Å². The zero-order valence-electron chi connectivity index (χ0n) is 11.1. The van der Waals surface area contributed by atoms with E-state index in [1.807, 2.05) is 0 Å². The number of carbonyl (C=O) groups is 1. The molecule has 0 aromatic heterocycles. The van der Waals surface area contributed by atoms with Gasteiger partial charge in [0.15, 0.2) is 0 Å². The summed E-state index contributed by atoms with van der Waals surface area (Å²) in [6.07, 6.45) is 3.82. The van der Waals surface area contributed by atoms with Crippen LogP contribution in [0.25, 0.3) is 0 Å². The smallest absolute Gasteiger partial charge is 0.349 e. The van der Waals surface area contributed by atoms with E-state index < -0.39 is 5.97 Å². The first-order chi connectivity index (χ1) is 8.52. The molecular weight excluding hydrogens is 232 g/mol. The summed E-state index contributed by atoms with van der Waals surface area (Å²) in [7, 11) is 0. The highest BCUT2D eigenvalue weighted by atomic mass is 16.4. The molecule has 5 nitrogen and oxygen atoms in total. The molecule has 0 aliphatic carbocycles. The topological polar surface area (TPSA) is 84.6 Å². The van der Waals surface area contributed by atoms with Gasteiger partial charge in [-0.25, -0.2) is 4.79 Å². The quantitative estimate of drug-likeness (QED) is 0.572. The lowest BCUT2D eigenvalue weighted by Gasteiger charge is -2.22. The maximum absolute atomic E-state index is 10.5. The van der Waals surface area contributed by atoms with Gasteiger partial charge < -0.3 is 15.1 Å². The van der Waals surface area contributed by atoms with Crippen molar-refractivity contribution in [2.24, 2.45) is 5.92 Å². The number of aliphatic hydroxyl groups excluding tert-OH is 1. The lowest BCUT2D eigenvalue weighted by molar-refractivity contribution is -0.129. The van der Waals surface area contributed by atoms with E-state index in [2.05, 4.69) is 11.8 Å². The minimum absolute atomic E-state index is 0.178. The molecule has 104 valence electrons. The molecule has 18 heavy (non-hydrogen) atoms. The number of nitrogens with one attached hydrogen (secondary N) is 1. The third-order valence-corrected chi connectivity index (χ3v) is 3.64. The van der Waals surface area contributed by atoms with E-state index in [0.717, 1.165) is 45.3 Å². The standard InChI is InChI=1S/C13H24N2O3/c1-2-10(4-3-5-12(14)13(17)18)8-15-7-6-11(16)9-15/h10-11,14,16H,2-9H2,1H3,(H,17,18). The fourth-order valence-electron chi connectivity index (χ4n) is 2.44. The van der Waals surface area contributed by atoms with Crippen molar-refractivity contribution in [1.29, 1.82) is 5.41 Å². The van der Waals surface area contributed by atoms with Crippen LogP contribution in [0.4, 0.5) is 0 Å². The van der Waals surface area contributed by atoms with Crippen molar-refractivity contribution >= 4 is 11.7 Å². The SMILES string of the molecule is CCC(CCCC(=N)C(=O)O)CN1CCC(O)C1. The lowest BCUT2D eigenvalue weighted by Crippen LogP contribution is -2.28. The first-order valence-corrected chi connectivity index (χ1v) is 6.74. The van der Waals surface area contributed by atoms with Crippen LogP contribution in [0.2, 0.25) is 0 Å². The maximum atomic E-state index is 10.5. The number of rotatable bonds is 8. The fraction of sp³-hybridized carbons (Fsp3) is 0.846. The number of carboxylic acid groups (broad SMARTS) is 1. The monoisotopic (exact) mass is 256 g/mol. The number of hydrogen-bond acceptors (Lipinski definition) is 4. The number of likely N-dealkylation sites (tertiary alicyclic amines) is 1. The molecule has 1 saturated heterocycles. The van der Waals surface area contributed by atoms with Crippen LogP contribution >= 0.6 is 0 Å². The molecule has 3 N–H and O–H groups in total. The van der Waals surface area contributed by atoms with Crippen LogP contribution in [-0.4, -0.2) is 52.5 Å². The third kappa shape index (κ3) is 5.14. The Balaban J connectivity index is 2.21. The Kier molecular flexibility index (Phi) is 6.29. The van der Waals surface area contributed by atoms with Crippen molar-refractivity contribution in [3.05, 3.63) is 0 Å². The van der Waals surface area contributed by atoms with E-state index in [-0.39, 0.29) is 11.8 Å². The van der Waals surface area contributed by atoms with Crippen LogP contribution in [0.1, 0.15) is 39.0 Å². The summed E-state index contributed by atoms with van der Waals surface area (Å²) in [5.41, 5.74) is -0.193. The Labute approximate surface area is 108 Å². The molecule has 1 rings (SSSR count). The van der Waals surface area contributed by atoms with Crippen molar-refractivity contribution in [1.82, 2.24) is 4.90 Å². The Hall–Kier alpha value is -0.940. The van der Waals surface area contributed by atoms with Gasteiger partial charge in [0.1, 0.15) is 5.71 Å². The average molecular weight is 256 g/mol. The Morgan fingerprint density at radius 3 is 2.78 bits per heavy atom. The molecule has 0 aromatic carbocycles. The lowest BCUT2D eigenvalue weighted by atomic mass is 9.97. The Bertz CT molecular complexity index is 294. The zero-order valence-corrected chi connectivity index (χ0v) is 11.1. The molecule has 1 aliphatic rings. The first kappa shape index (κ1) is 15.1. The Morgan fingerprint density at radius 1 is 1.56 bits per heavy atom. The van der Waals surface area contributed by atoms with Gasteiger partial charge >= 0.3 is 5.97 Å². The minimum Gasteiger partial charge on any atom is -0.477 e. The number of aliphatic carboxylic acids is 1. The largest absolute Gasteiger partial charge is 0.477 e. The zero-order chi connectivity index (χ0) is 13.5. The number of nitrogens with zero attached hydrogens (tertiary/aromatic N) is 1. The summed E-state index contributed by atoms with van der Waals surface area (Å²) in [6.45, 7) is 4.84. The van der Waals surface area contributed by atoms with E-state index in [0.29, 0.717) is 12.3 Å². The van der Waals surface area contributed by atoms with Crippen molar-refractivity contribution < 1.29 is 15.0 Å². The van der Waals surface area contributed by atoms with E-state index in [4.69, 9.17) is 10.5 Å². The first-order valence-electron chi connectivity index (χ1n) is 6.74. The van der Waals surface area contributed by atoms with E-state index in [1.165, 1.54) is 0 Å². The van der Waals surface area contributed by atoms with Crippen LogP contribution in [-0.2, 0) is 4.79 Å². The van der Waals surface area contributed by atoms with Crippen LogP contribution in [0.15, 0.2) is 0 Å². The second-order valence-electron chi connectivity index (χ2n) is 5.15. The summed E-state index contributed by atoms with van der Waals surface area (Å²) in [6, 6.07) is 0. The predicted molar refractivity (Wildman–Crippen MR) is 70.1 cm³/mol. The minimum atomic E-state index is -1.11. The predicted octanol–water partition coefficient (Wildman–Crippen LogP) is 1.35. The summed E-state index contributed by atoms with van der Waals surface area (Å²) in [5.74, 6) is -0.567. The molecule has 1 heterocycles. The van der Waals surface area contributed by atoms with Gasteiger partial charge in [-0.3, -0.25) is 5.41 Å². The van der Waals surface area contributed by atoms with Crippen molar-refractivity contribution in [2.75, 3.05) is 19.6 Å². The molecule has 0 aromatic rings. The van der Waals surface area contributed by atoms with Crippen LogP contribution in [0.3, 0.4) is 0 Å². The van der Waals surface area contributed by atoms with Gasteiger partial charge in [0, 0.05) is 19.6 Å². The van der Waals surface area contributed by atoms with Crippen LogP contribution in [0, 0.1) is 11.3 Å². The van der Waals surface area contributed by atoms with Gasteiger partial charge in [-0.15, -0.1) is 0 Å². The second kappa shape index (κ2) is 7.48. The van der Waals surface area contributed by atoms with Gasteiger partial charge in [0.25, 0.3) is 0 Å². The summed E-state index contributed by atoms with van der Waals surface area (Å²) in [4.78, 5) is 12.8. The molecular formula is C13H24N2O3. The second-order valence-corrected chi connectivity index (χ2v) is 5.15. The highest BCUT2D eigenvalue weighted by molar-refractivity contribution is 6.34. The number of β-amino-alcohol motifs (C(OH)–C–C–N with tert-alkyl or cyclic N) is 1. The molecule has 1 aliphatic heterocycles. The van der Waals surface area contributed by atoms with Crippen LogP contribution in [0.5, 0.6) is 0 Å².